The van der Waals surface area contributed by atoms with E-state index >= 15 is 0 Å². The standard InChI is InChI=1S/C23H27F3N6O2/c1-11(15-5-13(27)6-16(20(15)24)22(25)26)29-23-17-7-14(8-28-21(17)12(2)30-31-23)32-9-18(33-3)19(10-32)34-4/h5-8,11,18-19,22H,9-10,27H2,1-4H3,(H,29,31)/t11-,18-,19+/m1/s1. The largest absolute Gasteiger partial charge is 0.399 e. The minimum Gasteiger partial charge on any atom is -0.399 e. The van der Waals surface area contributed by atoms with E-state index in [9.17, 15) is 13.2 Å². The minimum absolute atomic E-state index is 0.0142. The first-order valence-electron chi connectivity index (χ1n) is 10.8. The zero-order valence-corrected chi connectivity index (χ0v) is 19.3. The van der Waals surface area contributed by atoms with Gasteiger partial charge in [-0.05, 0) is 32.0 Å². The second kappa shape index (κ2) is 9.59. The summed E-state index contributed by atoms with van der Waals surface area (Å²) in [5.74, 6) is -0.644. The van der Waals surface area contributed by atoms with Crippen molar-refractivity contribution in [2.24, 2.45) is 0 Å². The van der Waals surface area contributed by atoms with Gasteiger partial charge in [-0.2, -0.15) is 5.10 Å². The fraction of sp³-hybridized carbons (Fsp3) is 0.435. The normalized spacial score (nSPS) is 19.2. The van der Waals surface area contributed by atoms with Crippen molar-refractivity contribution < 1.29 is 22.6 Å². The highest BCUT2D eigenvalue weighted by molar-refractivity contribution is 5.92. The molecule has 1 aliphatic heterocycles. The molecule has 0 aliphatic carbocycles. The Kier molecular flexibility index (Phi) is 6.76. The first-order valence-corrected chi connectivity index (χ1v) is 10.8. The number of hydrogen-bond acceptors (Lipinski definition) is 8. The number of ether oxygens (including phenoxy) is 2. The summed E-state index contributed by atoms with van der Waals surface area (Å²) in [7, 11) is 3.30. The number of methoxy groups -OCH3 is 2. The molecule has 1 aromatic carbocycles. The fourth-order valence-corrected chi connectivity index (χ4v) is 4.29. The van der Waals surface area contributed by atoms with E-state index < -0.39 is 23.8 Å². The van der Waals surface area contributed by atoms with Crippen molar-refractivity contribution in [2.75, 3.05) is 43.3 Å². The minimum atomic E-state index is -2.98. The monoisotopic (exact) mass is 476 g/mol. The number of halogens is 3. The Morgan fingerprint density at radius 1 is 1.09 bits per heavy atom. The number of nitrogens with zero attached hydrogens (tertiary/aromatic N) is 4. The van der Waals surface area contributed by atoms with Gasteiger partial charge in [-0.25, -0.2) is 13.2 Å². The van der Waals surface area contributed by atoms with Crippen molar-refractivity contribution in [3.63, 3.8) is 0 Å². The van der Waals surface area contributed by atoms with Crippen molar-refractivity contribution in [1.82, 2.24) is 15.2 Å². The molecule has 0 bridgehead atoms. The van der Waals surface area contributed by atoms with Gasteiger partial charge >= 0.3 is 0 Å². The summed E-state index contributed by atoms with van der Waals surface area (Å²) in [6.07, 6.45) is -1.38. The van der Waals surface area contributed by atoms with Gasteiger partial charge in [0.1, 0.15) is 18.0 Å². The van der Waals surface area contributed by atoms with E-state index in [1.807, 2.05) is 6.07 Å². The molecule has 4 rings (SSSR count). The van der Waals surface area contributed by atoms with Gasteiger partial charge < -0.3 is 25.4 Å². The van der Waals surface area contributed by atoms with Crippen LogP contribution in [-0.2, 0) is 9.47 Å². The smallest absolute Gasteiger partial charge is 0.266 e. The molecule has 0 amide bonds. The third kappa shape index (κ3) is 4.45. The first kappa shape index (κ1) is 24.0. The molecule has 8 nitrogen and oxygen atoms in total. The predicted molar refractivity (Wildman–Crippen MR) is 124 cm³/mol. The predicted octanol–water partition coefficient (Wildman–Crippen LogP) is 4.02. The highest BCUT2D eigenvalue weighted by atomic mass is 19.3. The molecule has 0 unspecified atom stereocenters. The van der Waals surface area contributed by atoms with Crippen LogP contribution in [-0.4, -0.2) is 54.7 Å². The van der Waals surface area contributed by atoms with Crippen LogP contribution < -0.4 is 16.0 Å². The van der Waals surface area contributed by atoms with Gasteiger partial charge in [0.15, 0.2) is 5.82 Å². The van der Waals surface area contributed by atoms with Gasteiger partial charge in [0.2, 0.25) is 0 Å². The molecule has 11 heteroatoms. The molecule has 182 valence electrons. The van der Waals surface area contributed by atoms with Crippen molar-refractivity contribution in [2.45, 2.75) is 38.5 Å². The molecule has 0 radical (unpaired) electrons. The summed E-state index contributed by atoms with van der Waals surface area (Å²) in [5, 5.41) is 12.2. The number of aromatic nitrogens is 3. The Morgan fingerprint density at radius 3 is 2.35 bits per heavy atom. The van der Waals surface area contributed by atoms with Crippen LogP contribution >= 0.6 is 0 Å². The van der Waals surface area contributed by atoms with Gasteiger partial charge in [-0.1, -0.05) is 0 Å². The maximum absolute atomic E-state index is 14.8. The lowest BCUT2D eigenvalue weighted by Crippen LogP contribution is -2.27. The van der Waals surface area contributed by atoms with Crippen LogP contribution in [0.1, 0.15) is 36.2 Å². The number of fused-ring (bicyclic) bond motifs is 1. The maximum Gasteiger partial charge on any atom is 0.266 e. The zero-order chi connectivity index (χ0) is 24.6. The van der Waals surface area contributed by atoms with Crippen LogP contribution in [0.25, 0.3) is 10.9 Å². The first-order chi connectivity index (χ1) is 16.2. The lowest BCUT2D eigenvalue weighted by molar-refractivity contribution is -0.00461. The van der Waals surface area contributed by atoms with E-state index in [1.54, 1.807) is 34.3 Å². The summed E-state index contributed by atoms with van der Waals surface area (Å²) in [6, 6.07) is 3.49. The van der Waals surface area contributed by atoms with Crippen LogP contribution in [0.3, 0.4) is 0 Å². The number of benzene rings is 1. The van der Waals surface area contributed by atoms with E-state index in [0.29, 0.717) is 35.5 Å². The summed E-state index contributed by atoms with van der Waals surface area (Å²) in [6.45, 7) is 4.69. The Morgan fingerprint density at radius 2 is 1.74 bits per heavy atom. The Balaban J connectivity index is 1.70. The lowest BCUT2D eigenvalue weighted by atomic mass is 10.0. The highest BCUT2D eigenvalue weighted by Crippen LogP contribution is 2.34. The van der Waals surface area contributed by atoms with Gasteiger partial charge in [0.05, 0.1) is 34.7 Å². The van der Waals surface area contributed by atoms with Crippen molar-refractivity contribution in [3.05, 3.63) is 47.0 Å². The Labute approximate surface area is 195 Å². The second-order valence-corrected chi connectivity index (χ2v) is 8.36. The molecule has 1 fully saturated rings. The SMILES string of the molecule is CO[C@H]1CN(c2cnc3c(C)nnc(N[C@H](C)c4cc(N)cc(C(F)F)c4F)c3c2)C[C@H]1OC. The Hall–Kier alpha value is -3.18. The molecule has 3 N–H and O–H groups in total. The average molecular weight is 477 g/mol. The number of nitrogens with one attached hydrogen (secondary N) is 1. The van der Waals surface area contributed by atoms with Crippen LogP contribution in [0.15, 0.2) is 24.4 Å². The van der Waals surface area contributed by atoms with Crippen molar-refractivity contribution in [3.8, 4) is 0 Å². The number of hydrogen-bond donors (Lipinski definition) is 2. The van der Waals surface area contributed by atoms with E-state index in [-0.39, 0.29) is 23.5 Å². The number of nitrogens with two attached hydrogens (primary N) is 1. The number of alkyl halides is 2. The summed E-state index contributed by atoms with van der Waals surface area (Å²) < 4.78 is 52.4. The molecule has 3 atom stereocenters. The topological polar surface area (TPSA) is 98.4 Å². The number of nitrogen functional groups attached to an aromatic ring is 1. The molecule has 0 spiro atoms. The number of anilines is 3. The average Bonchev–Trinajstić information content (AvgIpc) is 3.25. The maximum atomic E-state index is 14.8. The van der Waals surface area contributed by atoms with Crippen LogP contribution in [0.5, 0.6) is 0 Å². The van der Waals surface area contributed by atoms with Gasteiger partial charge in [-0.3, -0.25) is 4.98 Å². The third-order valence-electron chi connectivity index (χ3n) is 6.16. The highest BCUT2D eigenvalue weighted by Gasteiger charge is 2.33. The molecule has 3 aromatic rings. The lowest BCUT2D eigenvalue weighted by Gasteiger charge is -2.21. The molecule has 3 heterocycles. The van der Waals surface area contributed by atoms with Crippen LogP contribution in [0, 0.1) is 12.7 Å². The van der Waals surface area contributed by atoms with E-state index in [4.69, 9.17) is 15.2 Å². The van der Waals surface area contributed by atoms with Gasteiger partial charge in [-0.15, -0.1) is 5.10 Å². The Bertz CT molecular complexity index is 1180. The molecule has 2 aromatic heterocycles. The van der Waals surface area contributed by atoms with E-state index in [2.05, 4.69) is 25.4 Å². The molecular formula is C23H27F3N6O2. The zero-order valence-electron chi connectivity index (χ0n) is 19.3. The van der Waals surface area contributed by atoms with Gasteiger partial charge in [0.25, 0.3) is 6.43 Å². The number of aryl methyl sites for hydroxylation is 1. The second-order valence-electron chi connectivity index (χ2n) is 8.36. The summed E-state index contributed by atoms with van der Waals surface area (Å²) in [4.78, 5) is 6.68. The van der Waals surface area contributed by atoms with Gasteiger partial charge in [0, 0.05) is 43.9 Å². The fourth-order valence-electron chi connectivity index (χ4n) is 4.29. The molecular weight excluding hydrogens is 449 g/mol. The number of rotatable bonds is 7. The third-order valence-corrected chi connectivity index (χ3v) is 6.16. The summed E-state index contributed by atoms with van der Waals surface area (Å²) in [5.41, 5.74) is 7.18. The molecule has 0 saturated carbocycles. The molecule has 34 heavy (non-hydrogen) atoms. The molecule has 1 aliphatic rings. The van der Waals surface area contributed by atoms with E-state index in [1.165, 1.54) is 6.07 Å². The quantitative estimate of drug-likeness (QED) is 0.494. The van der Waals surface area contributed by atoms with Crippen molar-refractivity contribution >= 4 is 28.1 Å². The van der Waals surface area contributed by atoms with Crippen LogP contribution in [0.4, 0.5) is 30.4 Å². The van der Waals surface area contributed by atoms with Crippen LogP contribution in [0.2, 0.25) is 0 Å². The van der Waals surface area contributed by atoms with E-state index in [0.717, 1.165) is 11.8 Å². The number of pyridine rings is 1. The molecule has 1 saturated heterocycles. The van der Waals surface area contributed by atoms with Crippen molar-refractivity contribution in [1.29, 1.82) is 0 Å². The summed E-state index contributed by atoms with van der Waals surface area (Å²) >= 11 is 0.